The average molecular weight is 251 g/mol. The summed E-state index contributed by atoms with van der Waals surface area (Å²) in [6.45, 7) is 8.53. The maximum Gasteiger partial charge on any atom is 0.0149 e. The van der Waals surface area contributed by atoms with Crippen molar-refractivity contribution in [3.63, 3.8) is 0 Å². The van der Waals surface area contributed by atoms with E-state index in [9.17, 15) is 0 Å². The molecule has 0 aliphatic heterocycles. The Morgan fingerprint density at radius 3 is 2.50 bits per heavy atom. The van der Waals surface area contributed by atoms with E-state index in [1.807, 2.05) is 0 Å². The number of hydrogen-bond donors (Lipinski definition) is 1. The average Bonchev–Trinajstić information content (AvgIpc) is 2.77. The van der Waals surface area contributed by atoms with Crippen LogP contribution in [0.4, 0.5) is 0 Å². The van der Waals surface area contributed by atoms with E-state index in [4.69, 9.17) is 0 Å². The Labute approximate surface area is 114 Å². The monoisotopic (exact) mass is 251 g/mol. The van der Waals surface area contributed by atoms with Gasteiger partial charge in [0.1, 0.15) is 0 Å². The molecule has 1 heteroatoms. The highest BCUT2D eigenvalue weighted by molar-refractivity contribution is 4.96. The standard InChI is InChI=1S/C17H33N/c1-4-12-18-16(17(3)10-5-6-11-17)15-9-7-8-14(2)13-15/h14-16,18H,4-13H2,1-3H3. The molecule has 2 aliphatic carbocycles. The van der Waals surface area contributed by atoms with Crippen LogP contribution in [0.15, 0.2) is 0 Å². The van der Waals surface area contributed by atoms with Crippen molar-refractivity contribution in [1.29, 1.82) is 0 Å². The highest BCUT2D eigenvalue weighted by Gasteiger charge is 2.41. The van der Waals surface area contributed by atoms with Crippen LogP contribution in [-0.2, 0) is 0 Å². The molecule has 0 aromatic rings. The lowest BCUT2D eigenvalue weighted by Crippen LogP contribution is -2.48. The fourth-order valence-electron chi connectivity index (χ4n) is 4.56. The molecule has 1 N–H and O–H groups in total. The molecule has 1 nitrogen and oxygen atoms in total. The quantitative estimate of drug-likeness (QED) is 0.743. The zero-order valence-corrected chi connectivity index (χ0v) is 12.8. The smallest absolute Gasteiger partial charge is 0.0149 e. The molecule has 0 bridgehead atoms. The van der Waals surface area contributed by atoms with Gasteiger partial charge in [-0.05, 0) is 55.9 Å². The van der Waals surface area contributed by atoms with Crippen LogP contribution in [0.5, 0.6) is 0 Å². The molecule has 2 aliphatic rings. The van der Waals surface area contributed by atoms with Crippen LogP contribution in [0.3, 0.4) is 0 Å². The number of hydrogen-bond acceptors (Lipinski definition) is 1. The molecule has 0 amide bonds. The molecule has 0 spiro atoms. The minimum absolute atomic E-state index is 0.594. The van der Waals surface area contributed by atoms with Crippen molar-refractivity contribution in [3.8, 4) is 0 Å². The molecule has 2 rings (SSSR count). The van der Waals surface area contributed by atoms with Crippen molar-refractivity contribution < 1.29 is 0 Å². The Hall–Kier alpha value is -0.0400. The van der Waals surface area contributed by atoms with E-state index < -0.39 is 0 Å². The van der Waals surface area contributed by atoms with E-state index in [1.165, 1.54) is 64.3 Å². The SMILES string of the molecule is CCCNC(C1CCCC(C)C1)C1(C)CCCC1. The van der Waals surface area contributed by atoms with E-state index in [0.29, 0.717) is 5.41 Å². The minimum atomic E-state index is 0.594. The molecular weight excluding hydrogens is 218 g/mol. The van der Waals surface area contributed by atoms with E-state index in [1.54, 1.807) is 0 Å². The maximum absolute atomic E-state index is 3.94. The third-order valence-corrected chi connectivity index (χ3v) is 5.56. The van der Waals surface area contributed by atoms with Crippen molar-refractivity contribution in [2.24, 2.45) is 17.3 Å². The van der Waals surface area contributed by atoms with Crippen molar-refractivity contribution in [2.75, 3.05) is 6.54 Å². The summed E-state index contributed by atoms with van der Waals surface area (Å²) < 4.78 is 0. The van der Waals surface area contributed by atoms with Crippen LogP contribution < -0.4 is 5.32 Å². The third kappa shape index (κ3) is 3.29. The normalized spacial score (nSPS) is 33.5. The zero-order valence-electron chi connectivity index (χ0n) is 12.8. The van der Waals surface area contributed by atoms with E-state index in [0.717, 1.165) is 17.9 Å². The summed E-state index contributed by atoms with van der Waals surface area (Å²) in [6.07, 6.45) is 13.0. The zero-order chi connectivity index (χ0) is 13.0. The van der Waals surface area contributed by atoms with Gasteiger partial charge in [-0.15, -0.1) is 0 Å². The van der Waals surface area contributed by atoms with Gasteiger partial charge >= 0.3 is 0 Å². The van der Waals surface area contributed by atoms with Gasteiger partial charge in [-0.25, -0.2) is 0 Å². The molecule has 18 heavy (non-hydrogen) atoms. The lowest BCUT2D eigenvalue weighted by Gasteiger charge is -2.43. The predicted molar refractivity (Wildman–Crippen MR) is 79.8 cm³/mol. The summed E-state index contributed by atoms with van der Waals surface area (Å²) in [5.74, 6) is 1.91. The second kappa shape index (κ2) is 6.41. The first-order valence-electron chi connectivity index (χ1n) is 8.39. The Balaban J connectivity index is 2.03. The topological polar surface area (TPSA) is 12.0 Å². The van der Waals surface area contributed by atoms with Crippen LogP contribution in [-0.4, -0.2) is 12.6 Å². The van der Waals surface area contributed by atoms with Crippen LogP contribution in [0.25, 0.3) is 0 Å². The van der Waals surface area contributed by atoms with Crippen LogP contribution in [0, 0.1) is 17.3 Å². The largest absolute Gasteiger partial charge is 0.313 e. The van der Waals surface area contributed by atoms with Gasteiger partial charge in [0.25, 0.3) is 0 Å². The fraction of sp³-hybridized carbons (Fsp3) is 1.00. The second-order valence-electron chi connectivity index (χ2n) is 7.32. The third-order valence-electron chi connectivity index (χ3n) is 5.56. The summed E-state index contributed by atoms with van der Waals surface area (Å²) in [5.41, 5.74) is 0.594. The van der Waals surface area contributed by atoms with E-state index in [2.05, 4.69) is 26.1 Å². The van der Waals surface area contributed by atoms with Crippen molar-refractivity contribution in [3.05, 3.63) is 0 Å². The molecule has 3 unspecified atom stereocenters. The molecule has 0 aromatic carbocycles. The molecular formula is C17H33N. The first-order valence-corrected chi connectivity index (χ1v) is 8.39. The Bertz CT molecular complexity index is 242. The molecule has 2 saturated carbocycles. The summed E-state index contributed by atoms with van der Waals surface area (Å²) in [5, 5.41) is 3.94. The number of rotatable bonds is 5. The molecule has 3 atom stereocenters. The Morgan fingerprint density at radius 1 is 1.17 bits per heavy atom. The number of nitrogens with one attached hydrogen (secondary N) is 1. The summed E-state index contributed by atoms with van der Waals surface area (Å²) >= 11 is 0. The van der Waals surface area contributed by atoms with Crippen molar-refractivity contribution >= 4 is 0 Å². The Kier molecular flexibility index (Phi) is 5.12. The summed E-state index contributed by atoms with van der Waals surface area (Å²) in [4.78, 5) is 0. The second-order valence-corrected chi connectivity index (χ2v) is 7.32. The molecule has 0 saturated heterocycles. The molecule has 0 radical (unpaired) electrons. The van der Waals surface area contributed by atoms with Gasteiger partial charge in [0, 0.05) is 6.04 Å². The van der Waals surface area contributed by atoms with Crippen LogP contribution in [0.1, 0.15) is 78.6 Å². The van der Waals surface area contributed by atoms with Gasteiger partial charge in [-0.2, -0.15) is 0 Å². The lowest BCUT2D eigenvalue weighted by atomic mass is 9.68. The lowest BCUT2D eigenvalue weighted by molar-refractivity contribution is 0.115. The first-order chi connectivity index (χ1) is 8.65. The van der Waals surface area contributed by atoms with E-state index >= 15 is 0 Å². The van der Waals surface area contributed by atoms with Crippen molar-refractivity contribution in [2.45, 2.75) is 84.6 Å². The molecule has 0 heterocycles. The summed E-state index contributed by atoms with van der Waals surface area (Å²) in [7, 11) is 0. The summed E-state index contributed by atoms with van der Waals surface area (Å²) in [6, 6.07) is 0.794. The first kappa shape index (κ1) is 14.4. The molecule has 2 fully saturated rings. The van der Waals surface area contributed by atoms with Gasteiger partial charge in [0.15, 0.2) is 0 Å². The fourth-order valence-corrected chi connectivity index (χ4v) is 4.56. The van der Waals surface area contributed by atoms with Crippen molar-refractivity contribution in [1.82, 2.24) is 5.32 Å². The predicted octanol–water partition coefficient (Wildman–Crippen LogP) is 4.76. The van der Waals surface area contributed by atoms with E-state index in [-0.39, 0.29) is 0 Å². The molecule has 106 valence electrons. The highest BCUT2D eigenvalue weighted by Crippen LogP contribution is 2.46. The van der Waals surface area contributed by atoms with Gasteiger partial charge in [0.05, 0.1) is 0 Å². The van der Waals surface area contributed by atoms with Gasteiger partial charge < -0.3 is 5.32 Å². The van der Waals surface area contributed by atoms with Crippen LogP contribution in [0.2, 0.25) is 0 Å². The molecule has 0 aromatic heterocycles. The minimum Gasteiger partial charge on any atom is -0.313 e. The Morgan fingerprint density at radius 2 is 1.89 bits per heavy atom. The van der Waals surface area contributed by atoms with Gasteiger partial charge in [0.2, 0.25) is 0 Å². The van der Waals surface area contributed by atoms with Gasteiger partial charge in [-0.1, -0.05) is 46.5 Å². The van der Waals surface area contributed by atoms with Gasteiger partial charge in [-0.3, -0.25) is 0 Å². The highest BCUT2D eigenvalue weighted by atomic mass is 14.9. The maximum atomic E-state index is 3.94. The van der Waals surface area contributed by atoms with Crippen LogP contribution >= 0.6 is 0 Å².